The summed E-state index contributed by atoms with van der Waals surface area (Å²) in [5, 5.41) is 2.71. The third kappa shape index (κ3) is 4.11. The Balaban J connectivity index is 1.56. The van der Waals surface area contributed by atoms with Crippen LogP contribution in [0.25, 0.3) is 0 Å². The summed E-state index contributed by atoms with van der Waals surface area (Å²) in [4.78, 5) is 18.5. The second-order valence-corrected chi connectivity index (χ2v) is 6.00. The van der Waals surface area contributed by atoms with Crippen LogP contribution in [0.2, 0.25) is 0 Å². The summed E-state index contributed by atoms with van der Waals surface area (Å²) in [7, 11) is 1.56. The van der Waals surface area contributed by atoms with Gasteiger partial charge in [0, 0.05) is 37.9 Å². The maximum absolute atomic E-state index is 13.7. The monoisotopic (exact) mass is 347 g/mol. The van der Waals surface area contributed by atoms with Crippen LogP contribution in [0.3, 0.4) is 0 Å². The highest BCUT2D eigenvalue weighted by Gasteiger charge is 2.26. The van der Waals surface area contributed by atoms with Crippen molar-refractivity contribution in [1.82, 2.24) is 15.2 Å². The van der Waals surface area contributed by atoms with Gasteiger partial charge in [0.15, 0.2) is 0 Å². The van der Waals surface area contributed by atoms with E-state index in [0.29, 0.717) is 19.0 Å². The third-order valence-electron chi connectivity index (χ3n) is 4.21. The van der Waals surface area contributed by atoms with Crippen molar-refractivity contribution >= 4 is 5.91 Å². The average Bonchev–Trinajstić information content (AvgIpc) is 3.02. The van der Waals surface area contributed by atoms with E-state index in [1.54, 1.807) is 19.4 Å². The lowest BCUT2D eigenvalue weighted by Gasteiger charge is -2.17. The number of aromatic nitrogens is 1. The first kappa shape index (κ1) is 17.3. The van der Waals surface area contributed by atoms with E-state index in [9.17, 15) is 13.6 Å². The summed E-state index contributed by atoms with van der Waals surface area (Å²) in [5.74, 6) is -1.86. The van der Waals surface area contributed by atoms with Crippen molar-refractivity contribution in [2.45, 2.75) is 19.0 Å². The van der Waals surface area contributed by atoms with Crippen molar-refractivity contribution in [3.8, 4) is 5.88 Å². The van der Waals surface area contributed by atoms with Gasteiger partial charge in [-0.15, -0.1) is 0 Å². The summed E-state index contributed by atoms with van der Waals surface area (Å²) < 4.78 is 32.4. The van der Waals surface area contributed by atoms with Crippen LogP contribution < -0.4 is 10.1 Å². The molecule has 0 spiro atoms. The first-order valence-electron chi connectivity index (χ1n) is 8.03. The van der Waals surface area contributed by atoms with E-state index in [1.165, 1.54) is 6.07 Å². The number of methoxy groups -OCH3 is 1. The Hall–Kier alpha value is -2.54. The van der Waals surface area contributed by atoms with Crippen molar-refractivity contribution in [3.05, 3.63) is 59.3 Å². The number of nitrogens with zero attached hydrogens (tertiary/aromatic N) is 2. The van der Waals surface area contributed by atoms with E-state index < -0.39 is 23.1 Å². The molecule has 1 aliphatic rings. The Bertz CT molecular complexity index is 732. The lowest BCUT2D eigenvalue weighted by molar-refractivity contribution is 0.0929. The minimum atomic E-state index is -0.850. The number of amides is 1. The van der Waals surface area contributed by atoms with Crippen molar-refractivity contribution in [3.63, 3.8) is 0 Å². The number of hydrogen-bond donors (Lipinski definition) is 1. The smallest absolute Gasteiger partial charge is 0.257 e. The predicted octanol–water partition coefficient (Wildman–Crippen LogP) is 2.37. The molecular formula is C18H19F2N3O2. The highest BCUT2D eigenvalue weighted by molar-refractivity contribution is 5.94. The lowest BCUT2D eigenvalue weighted by atomic mass is 10.1. The Labute approximate surface area is 144 Å². The molecule has 0 aliphatic carbocycles. The molecule has 132 valence electrons. The number of pyridine rings is 1. The number of benzene rings is 1. The van der Waals surface area contributed by atoms with Crippen LogP contribution in [0, 0.1) is 11.6 Å². The van der Waals surface area contributed by atoms with Gasteiger partial charge in [0.25, 0.3) is 5.91 Å². The molecule has 1 aromatic carbocycles. The van der Waals surface area contributed by atoms with Gasteiger partial charge in [-0.2, -0.15) is 0 Å². The average molecular weight is 347 g/mol. The summed E-state index contributed by atoms with van der Waals surface area (Å²) in [6.07, 6.45) is 2.48. The SMILES string of the molecule is COc1ccc(CN2CC[C@H](NC(=O)c3c(F)cccc3F)C2)cn1. The number of ether oxygens (including phenoxy) is 1. The quantitative estimate of drug-likeness (QED) is 0.902. The molecule has 7 heteroatoms. The van der Waals surface area contributed by atoms with Gasteiger partial charge in [0.1, 0.15) is 17.2 Å². The van der Waals surface area contributed by atoms with Crippen LogP contribution in [0.1, 0.15) is 22.3 Å². The van der Waals surface area contributed by atoms with E-state index in [-0.39, 0.29) is 6.04 Å². The lowest BCUT2D eigenvalue weighted by Crippen LogP contribution is -2.37. The fourth-order valence-corrected chi connectivity index (χ4v) is 2.95. The fraction of sp³-hybridized carbons (Fsp3) is 0.333. The van der Waals surface area contributed by atoms with Crippen molar-refractivity contribution < 1.29 is 18.3 Å². The summed E-state index contributed by atoms with van der Waals surface area (Å²) in [5.41, 5.74) is 0.508. The van der Waals surface area contributed by atoms with Crippen molar-refractivity contribution in [1.29, 1.82) is 0 Å². The van der Waals surface area contributed by atoms with Gasteiger partial charge in [-0.25, -0.2) is 13.8 Å². The zero-order valence-corrected chi connectivity index (χ0v) is 13.8. The molecule has 25 heavy (non-hydrogen) atoms. The Morgan fingerprint density at radius 1 is 1.32 bits per heavy atom. The molecule has 3 rings (SSSR count). The maximum Gasteiger partial charge on any atom is 0.257 e. The number of rotatable bonds is 5. The molecule has 2 aromatic rings. The highest BCUT2D eigenvalue weighted by atomic mass is 19.1. The van der Waals surface area contributed by atoms with Crippen LogP contribution >= 0.6 is 0 Å². The largest absolute Gasteiger partial charge is 0.481 e. The van der Waals surface area contributed by atoms with Crippen LogP contribution in [-0.2, 0) is 6.54 Å². The van der Waals surface area contributed by atoms with Crippen LogP contribution in [-0.4, -0.2) is 42.0 Å². The Kier molecular flexibility index (Phi) is 5.23. The normalized spacial score (nSPS) is 17.5. The van der Waals surface area contributed by atoms with Gasteiger partial charge in [0.2, 0.25) is 5.88 Å². The summed E-state index contributed by atoms with van der Waals surface area (Å²) >= 11 is 0. The van der Waals surface area contributed by atoms with E-state index in [0.717, 1.165) is 30.7 Å². The molecule has 1 aromatic heterocycles. The van der Waals surface area contributed by atoms with Crippen LogP contribution in [0.4, 0.5) is 8.78 Å². The second kappa shape index (κ2) is 7.57. The number of carbonyl (C=O) groups excluding carboxylic acids is 1. The minimum absolute atomic E-state index is 0.141. The molecule has 1 N–H and O–H groups in total. The van der Waals surface area contributed by atoms with Gasteiger partial charge in [0.05, 0.1) is 7.11 Å². The summed E-state index contributed by atoms with van der Waals surface area (Å²) in [6, 6.07) is 6.99. The number of carbonyl (C=O) groups is 1. The number of nitrogens with one attached hydrogen (secondary N) is 1. The van der Waals surface area contributed by atoms with Crippen LogP contribution in [0.15, 0.2) is 36.5 Å². The van der Waals surface area contributed by atoms with Gasteiger partial charge in [-0.05, 0) is 24.1 Å². The second-order valence-electron chi connectivity index (χ2n) is 6.00. The number of halogens is 2. The molecule has 1 fully saturated rings. The van der Waals surface area contributed by atoms with E-state index >= 15 is 0 Å². The molecule has 1 aliphatic heterocycles. The molecule has 1 saturated heterocycles. The topological polar surface area (TPSA) is 54.5 Å². The molecule has 2 heterocycles. The standard InChI is InChI=1S/C18H19F2N3O2/c1-25-16-6-5-12(9-21-16)10-23-8-7-13(11-23)22-18(24)17-14(19)3-2-4-15(17)20/h2-6,9,13H,7-8,10-11H2,1H3,(H,22,24)/t13-/m0/s1. The first-order chi connectivity index (χ1) is 12.1. The van der Waals surface area contributed by atoms with E-state index in [2.05, 4.69) is 15.2 Å². The zero-order chi connectivity index (χ0) is 17.8. The predicted molar refractivity (Wildman–Crippen MR) is 88.3 cm³/mol. The molecule has 0 unspecified atom stereocenters. The van der Waals surface area contributed by atoms with E-state index in [1.807, 2.05) is 6.07 Å². The Morgan fingerprint density at radius 2 is 2.08 bits per heavy atom. The molecule has 1 amide bonds. The number of likely N-dealkylation sites (tertiary alicyclic amines) is 1. The number of hydrogen-bond acceptors (Lipinski definition) is 4. The maximum atomic E-state index is 13.7. The summed E-state index contributed by atoms with van der Waals surface area (Å²) in [6.45, 7) is 2.10. The van der Waals surface area contributed by atoms with Gasteiger partial charge >= 0.3 is 0 Å². The molecule has 0 radical (unpaired) electrons. The van der Waals surface area contributed by atoms with Gasteiger partial charge in [-0.3, -0.25) is 9.69 Å². The molecule has 1 atom stereocenters. The first-order valence-corrected chi connectivity index (χ1v) is 8.03. The molecule has 5 nitrogen and oxygen atoms in total. The van der Waals surface area contributed by atoms with E-state index in [4.69, 9.17) is 4.74 Å². The molecule has 0 saturated carbocycles. The van der Waals surface area contributed by atoms with Gasteiger partial charge in [-0.1, -0.05) is 12.1 Å². The fourth-order valence-electron chi connectivity index (χ4n) is 2.95. The van der Waals surface area contributed by atoms with Gasteiger partial charge < -0.3 is 10.1 Å². The zero-order valence-electron chi connectivity index (χ0n) is 13.8. The molecular weight excluding hydrogens is 328 g/mol. The minimum Gasteiger partial charge on any atom is -0.481 e. The van der Waals surface area contributed by atoms with Crippen LogP contribution in [0.5, 0.6) is 5.88 Å². The Morgan fingerprint density at radius 3 is 2.72 bits per heavy atom. The van der Waals surface area contributed by atoms with Crippen molar-refractivity contribution in [2.75, 3.05) is 20.2 Å². The highest BCUT2D eigenvalue weighted by Crippen LogP contribution is 2.17. The third-order valence-corrected chi connectivity index (χ3v) is 4.21. The van der Waals surface area contributed by atoms with Crippen molar-refractivity contribution in [2.24, 2.45) is 0 Å². The molecule has 0 bridgehead atoms.